The van der Waals surface area contributed by atoms with Crippen molar-refractivity contribution < 1.29 is 9.47 Å². The van der Waals surface area contributed by atoms with E-state index in [1.807, 2.05) is 59.3 Å². The Labute approximate surface area is 150 Å². The van der Waals surface area contributed by atoms with Crippen molar-refractivity contribution in [1.29, 1.82) is 0 Å². The van der Waals surface area contributed by atoms with Crippen LogP contribution in [-0.2, 0) is 0 Å². The Kier molecular flexibility index (Phi) is 3.93. The maximum Gasteiger partial charge on any atom is 0.161 e. The summed E-state index contributed by atoms with van der Waals surface area (Å²) in [5.41, 5.74) is 9.83. The first-order chi connectivity index (χ1) is 12.7. The molecular formula is C20H18N4O2. The molecule has 0 spiro atoms. The van der Waals surface area contributed by atoms with Gasteiger partial charge < -0.3 is 19.8 Å². The van der Waals surface area contributed by atoms with Crippen molar-refractivity contribution in [3.05, 3.63) is 61.1 Å². The summed E-state index contributed by atoms with van der Waals surface area (Å²) in [7, 11) is 3.23. The minimum atomic E-state index is 0.439. The third-order valence-electron chi connectivity index (χ3n) is 4.34. The summed E-state index contributed by atoms with van der Waals surface area (Å²) in [5.74, 6) is 1.77. The van der Waals surface area contributed by atoms with Gasteiger partial charge in [-0.05, 0) is 29.8 Å². The third-order valence-corrected chi connectivity index (χ3v) is 4.34. The number of aromatic nitrogens is 3. The van der Waals surface area contributed by atoms with E-state index in [1.165, 1.54) is 6.33 Å². The van der Waals surface area contributed by atoms with E-state index in [9.17, 15) is 0 Å². The van der Waals surface area contributed by atoms with E-state index < -0.39 is 0 Å². The molecule has 2 aromatic heterocycles. The van der Waals surface area contributed by atoms with Crippen LogP contribution in [0.4, 0.5) is 5.82 Å². The van der Waals surface area contributed by atoms with Crippen molar-refractivity contribution in [3.63, 3.8) is 0 Å². The zero-order valence-corrected chi connectivity index (χ0v) is 14.5. The predicted molar refractivity (Wildman–Crippen MR) is 102 cm³/mol. The summed E-state index contributed by atoms with van der Waals surface area (Å²) >= 11 is 0. The van der Waals surface area contributed by atoms with E-state index in [2.05, 4.69) is 9.97 Å². The number of benzene rings is 2. The van der Waals surface area contributed by atoms with Crippen LogP contribution in [0, 0.1) is 0 Å². The SMILES string of the molecule is COc1ccc(-c2cn(-c3ccccc3)c3ncnc(N)c23)cc1OC. The number of hydrogen-bond donors (Lipinski definition) is 1. The topological polar surface area (TPSA) is 75.2 Å². The van der Waals surface area contributed by atoms with Gasteiger partial charge >= 0.3 is 0 Å². The second kappa shape index (κ2) is 6.40. The summed E-state index contributed by atoms with van der Waals surface area (Å²) < 4.78 is 12.8. The molecule has 6 heteroatoms. The summed E-state index contributed by atoms with van der Waals surface area (Å²) in [6.07, 6.45) is 3.50. The van der Waals surface area contributed by atoms with Crippen molar-refractivity contribution in [2.75, 3.05) is 20.0 Å². The first-order valence-electron chi connectivity index (χ1n) is 8.12. The first kappa shape index (κ1) is 16.0. The highest BCUT2D eigenvalue weighted by molar-refractivity contribution is 6.01. The van der Waals surface area contributed by atoms with Gasteiger partial charge in [0, 0.05) is 17.4 Å². The Balaban J connectivity index is 1.99. The third kappa shape index (κ3) is 2.52. The van der Waals surface area contributed by atoms with Crippen molar-refractivity contribution in [2.45, 2.75) is 0 Å². The fraction of sp³-hybridized carbons (Fsp3) is 0.100. The van der Waals surface area contributed by atoms with Gasteiger partial charge in [0.05, 0.1) is 19.6 Å². The van der Waals surface area contributed by atoms with Gasteiger partial charge in [-0.15, -0.1) is 0 Å². The van der Waals surface area contributed by atoms with Crippen molar-refractivity contribution in [2.24, 2.45) is 0 Å². The molecule has 6 nitrogen and oxygen atoms in total. The normalized spacial score (nSPS) is 10.8. The van der Waals surface area contributed by atoms with Crippen LogP contribution in [0.15, 0.2) is 61.1 Å². The molecule has 2 aromatic carbocycles. The average Bonchev–Trinajstić information content (AvgIpc) is 3.09. The molecule has 0 radical (unpaired) electrons. The van der Waals surface area contributed by atoms with Crippen LogP contribution in [0.5, 0.6) is 11.5 Å². The average molecular weight is 346 g/mol. The molecule has 0 saturated carbocycles. The fourth-order valence-electron chi connectivity index (χ4n) is 3.09. The predicted octanol–water partition coefficient (Wildman–Crippen LogP) is 3.69. The van der Waals surface area contributed by atoms with Crippen LogP contribution in [0.25, 0.3) is 27.8 Å². The molecular weight excluding hydrogens is 328 g/mol. The fourth-order valence-corrected chi connectivity index (χ4v) is 3.09. The minimum Gasteiger partial charge on any atom is -0.493 e. The zero-order chi connectivity index (χ0) is 18.1. The first-order valence-corrected chi connectivity index (χ1v) is 8.12. The number of nitrogen functional groups attached to an aromatic ring is 1. The van der Waals surface area contributed by atoms with Gasteiger partial charge in [-0.2, -0.15) is 0 Å². The number of nitrogens with two attached hydrogens (primary N) is 1. The number of para-hydroxylation sites is 1. The molecule has 0 bridgehead atoms. The lowest BCUT2D eigenvalue weighted by Crippen LogP contribution is -1.96. The molecule has 2 N–H and O–H groups in total. The smallest absolute Gasteiger partial charge is 0.161 e. The van der Waals surface area contributed by atoms with Gasteiger partial charge in [0.1, 0.15) is 12.1 Å². The van der Waals surface area contributed by atoms with E-state index in [4.69, 9.17) is 15.2 Å². The van der Waals surface area contributed by atoms with Crippen LogP contribution in [0.2, 0.25) is 0 Å². The number of methoxy groups -OCH3 is 2. The largest absolute Gasteiger partial charge is 0.493 e. The Hall–Kier alpha value is -3.54. The summed E-state index contributed by atoms with van der Waals surface area (Å²) in [4.78, 5) is 8.63. The van der Waals surface area contributed by atoms with Crippen LogP contribution >= 0.6 is 0 Å². The number of nitrogens with zero attached hydrogens (tertiary/aromatic N) is 3. The molecule has 26 heavy (non-hydrogen) atoms. The Bertz CT molecular complexity index is 1070. The Morgan fingerprint density at radius 1 is 0.923 bits per heavy atom. The lowest BCUT2D eigenvalue weighted by molar-refractivity contribution is 0.355. The molecule has 0 aliphatic carbocycles. The zero-order valence-electron chi connectivity index (χ0n) is 14.5. The molecule has 0 aliphatic rings. The molecule has 0 amide bonds. The van der Waals surface area contributed by atoms with Gasteiger partial charge in [-0.25, -0.2) is 9.97 Å². The Morgan fingerprint density at radius 2 is 1.69 bits per heavy atom. The molecule has 130 valence electrons. The van der Waals surface area contributed by atoms with E-state index in [-0.39, 0.29) is 0 Å². The lowest BCUT2D eigenvalue weighted by atomic mass is 10.1. The molecule has 0 fully saturated rings. The van der Waals surface area contributed by atoms with Gasteiger partial charge in [0.25, 0.3) is 0 Å². The number of fused-ring (bicyclic) bond motifs is 1. The summed E-state index contributed by atoms with van der Waals surface area (Å²) in [6.45, 7) is 0. The van der Waals surface area contributed by atoms with E-state index in [1.54, 1.807) is 14.2 Å². The van der Waals surface area contributed by atoms with Crippen molar-refractivity contribution >= 4 is 16.9 Å². The molecule has 2 heterocycles. The van der Waals surface area contributed by atoms with Gasteiger partial charge in [-0.1, -0.05) is 24.3 Å². The van der Waals surface area contributed by atoms with Crippen molar-refractivity contribution in [1.82, 2.24) is 14.5 Å². The number of ether oxygens (including phenoxy) is 2. The quantitative estimate of drug-likeness (QED) is 0.610. The molecule has 0 saturated heterocycles. The number of anilines is 1. The Morgan fingerprint density at radius 3 is 2.42 bits per heavy atom. The van der Waals surface area contributed by atoms with Crippen LogP contribution in [-0.4, -0.2) is 28.8 Å². The highest BCUT2D eigenvalue weighted by Crippen LogP contribution is 2.38. The van der Waals surface area contributed by atoms with Crippen LogP contribution < -0.4 is 15.2 Å². The summed E-state index contributed by atoms with van der Waals surface area (Å²) in [5, 5.41) is 0.809. The molecule has 4 rings (SSSR count). The molecule has 0 atom stereocenters. The second-order valence-corrected chi connectivity index (χ2v) is 5.78. The van der Waals surface area contributed by atoms with Gasteiger partial charge in [-0.3, -0.25) is 0 Å². The second-order valence-electron chi connectivity index (χ2n) is 5.78. The van der Waals surface area contributed by atoms with E-state index in [0.717, 1.165) is 27.8 Å². The number of rotatable bonds is 4. The maximum atomic E-state index is 6.19. The van der Waals surface area contributed by atoms with E-state index >= 15 is 0 Å². The van der Waals surface area contributed by atoms with Crippen LogP contribution in [0.1, 0.15) is 0 Å². The minimum absolute atomic E-state index is 0.439. The highest BCUT2D eigenvalue weighted by atomic mass is 16.5. The molecule has 0 aliphatic heterocycles. The molecule has 4 aromatic rings. The standard InChI is InChI=1S/C20H18N4O2/c1-25-16-9-8-13(10-17(16)26-2)15-11-24(14-6-4-3-5-7-14)20-18(15)19(21)22-12-23-20/h3-12H,1-2H3,(H2,21,22,23). The lowest BCUT2D eigenvalue weighted by Gasteiger charge is -2.09. The molecule has 0 unspecified atom stereocenters. The number of hydrogen-bond acceptors (Lipinski definition) is 5. The maximum absolute atomic E-state index is 6.19. The van der Waals surface area contributed by atoms with Gasteiger partial charge in [0.15, 0.2) is 17.1 Å². The highest BCUT2D eigenvalue weighted by Gasteiger charge is 2.17. The summed E-state index contributed by atoms with van der Waals surface area (Å²) in [6, 6.07) is 15.8. The van der Waals surface area contributed by atoms with E-state index in [0.29, 0.717) is 17.3 Å². The van der Waals surface area contributed by atoms with Crippen molar-refractivity contribution in [3.8, 4) is 28.3 Å². The van der Waals surface area contributed by atoms with Gasteiger partial charge in [0.2, 0.25) is 0 Å². The monoisotopic (exact) mass is 346 g/mol. The van der Waals surface area contributed by atoms with Crippen LogP contribution in [0.3, 0.4) is 0 Å².